The van der Waals surface area contributed by atoms with Crippen molar-refractivity contribution in [3.8, 4) is 0 Å². The summed E-state index contributed by atoms with van der Waals surface area (Å²) in [4.78, 5) is 12.0. The van der Waals surface area contributed by atoms with Crippen molar-refractivity contribution < 1.29 is 9.53 Å². The first-order valence-electron chi connectivity index (χ1n) is 7.54. The summed E-state index contributed by atoms with van der Waals surface area (Å²) < 4.78 is 5.12. The molecular weight excluding hydrogens is 250 g/mol. The lowest BCUT2D eigenvalue weighted by atomic mass is 9.75. The van der Waals surface area contributed by atoms with Crippen LogP contribution in [0.4, 0.5) is 5.69 Å². The van der Waals surface area contributed by atoms with Crippen LogP contribution in [-0.2, 0) is 4.74 Å². The molecule has 0 radical (unpaired) electrons. The Labute approximate surface area is 121 Å². The van der Waals surface area contributed by atoms with Gasteiger partial charge in [-0.15, -0.1) is 0 Å². The average Bonchev–Trinajstić information content (AvgIpc) is 2.38. The summed E-state index contributed by atoms with van der Waals surface area (Å²) in [5.41, 5.74) is 1.92. The van der Waals surface area contributed by atoms with Crippen molar-refractivity contribution in [1.82, 2.24) is 0 Å². The average molecular weight is 275 g/mol. The van der Waals surface area contributed by atoms with Gasteiger partial charge in [0, 0.05) is 11.7 Å². The van der Waals surface area contributed by atoms with E-state index in [2.05, 4.69) is 19.2 Å². The van der Waals surface area contributed by atoms with E-state index in [1.54, 1.807) is 0 Å². The molecule has 3 heteroatoms. The molecule has 1 saturated carbocycles. The maximum Gasteiger partial charge on any atom is 0.340 e. The van der Waals surface area contributed by atoms with Crippen molar-refractivity contribution in [2.24, 2.45) is 5.41 Å². The van der Waals surface area contributed by atoms with Gasteiger partial charge in [-0.1, -0.05) is 32.4 Å². The van der Waals surface area contributed by atoms with E-state index in [9.17, 15) is 4.79 Å². The van der Waals surface area contributed by atoms with Gasteiger partial charge >= 0.3 is 5.97 Å². The van der Waals surface area contributed by atoms with Crippen LogP contribution < -0.4 is 5.32 Å². The van der Waals surface area contributed by atoms with E-state index in [4.69, 9.17) is 4.74 Å². The normalized spacial score (nSPS) is 21.2. The van der Waals surface area contributed by atoms with Gasteiger partial charge in [-0.3, -0.25) is 0 Å². The molecule has 0 aliphatic heterocycles. The molecular formula is C17H25NO2. The summed E-state index contributed by atoms with van der Waals surface area (Å²) in [6, 6.07) is 8.07. The van der Waals surface area contributed by atoms with Crippen LogP contribution in [0.15, 0.2) is 24.3 Å². The van der Waals surface area contributed by atoms with E-state index >= 15 is 0 Å². The smallest absolute Gasteiger partial charge is 0.340 e. The Hall–Kier alpha value is -1.51. The zero-order valence-electron chi connectivity index (χ0n) is 12.7. The topological polar surface area (TPSA) is 38.3 Å². The molecule has 1 aromatic carbocycles. The third-order valence-electron chi connectivity index (χ3n) is 3.99. The Morgan fingerprint density at radius 1 is 1.40 bits per heavy atom. The van der Waals surface area contributed by atoms with E-state index in [0.717, 1.165) is 12.1 Å². The summed E-state index contributed by atoms with van der Waals surface area (Å²) in [6.45, 7) is 6.87. The molecule has 0 spiro atoms. The number of esters is 1. The molecule has 0 amide bonds. The molecule has 3 nitrogen and oxygen atoms in total. The Morgan fingerprint density at radius 2 is 2.15 bits per heavy atom. The number of para-hydroxylation sites is 1. The van der Waals surface area contributed by atoms with Crippen LogP contribution in [0.5, 0.6) is 0 Å². The number of ether oxygens (including phenoxy) is 1. The number of hydrogen-bond donors (Lipinski definition) is 1. The highest BCUT2D eigenvalue weighted by atomic mass is 16.5. The SMILES string of the molecule is CCOC(=O)c1ccccc1NC1CCCC(C)(C)C1. The van der Waals surface area contributed by atoms with E-state index in [1.165, 1.54) is 19.3 Å². The first-order valence-corrected chi connectivity index (χ1v) is 7.54. The fraction of sp³-hybridized carbons (Fsp3) is 0.588. The summed E-state index contributed by atoms with van der Waals surface area (Å²) in [5, 5.41) is 3.54. The van der Waals surface area contributed by atoms with Gasteiger partial charge in [-0.05, 0) is 43.7 Å². The van der Waals surface area contributed by atoms with Gasteiger partial charge in [0.15, 0.2) is 0 Å². The summed E-state index contributed by atoms with van der Waals surface area (Å²) in [7, 11) is 0. The first kappa shape index (κ1) is 14.9. The maximum atomic E-state index is 12.0. The number of anilines is 1. The van der Waals surface area contributed by atoms with Crippen molar-refractivity contribution in [2.75, 3.05) is 11.9 Å². The zero-order valence-corrected chi connectivity index (χ0v) is 12.7. The van der Waals surface area contributed by atoms with Crippen molar-refractivity contribution in [3.63, 3.8) is 0 Å². The van der Waals surface area contributed by atoms with Crippen LogP contribution in [0.3, 0.4) is 0 Å². The summed E-state index contributed by atoms with van der Waals surface area (Å²) in [6.07, 6.45) is 4.84. The zero-order chi connectivity index (χ0) is 14.6. The predicted octanol–water partition coefficient (Wildman–Crippen LogP) is 4.24. The fourth-order valence-corrected chi connectivity index (χ4v) is 3.04. The van der Waals surface area contributed by atoms with Crippen LogP contribution in [-0.4, -0.2) is 18.6 Å². The number of rotatable bonds is 4. The third-order valence-corrected chi connectivity index (χ3v) is 3.99. The highest BCUT2D eigenvalue weighted by Gasteiger charge is 2.28. The number of hydrogen-bond acceptors (Lipinski definition) is 3. The first-order chi connectivity index (χ1) is 9.52. The lowest BCUT2D eigenvalue weighted by Crippen LogP contribution is -2.32. The van der Waals surface area contributed by atoms with Crippen molar-refractivity contribution >= 4 is 11.7 Å². The lowest BCUT2D eigenvalue weighted by molar-refractivity contribution is 0.0527. The van der Waals surface area contributed by atoms with Crippen LogP contribution in [0.25, 0.3) is 0 Å². The Morgan fingerprint density at radius 3 is 2.85 bits per heavy atom. The minimum absolute atomic E-state index is 0.245. The van der Waals surface area contributed by atoms with Crippen LogP contribution in [0, 0.1) is 5.41 Å². The van der Waals surface area contributed by atoms with Gasteiger partial charge < -0.3 is 10.1 Å². The monoisotopic (exact) mass is 275 g/mol. The molecule has 1 fully saturated rings. The maximum absolute atomic E-state index is 12.0. The molecule has 0 aromatic heterocycles. The molecule has 1 atom stereocenters. The van der Waals surface area contributed by atoms with Crippen molar-refractivity contribution in [1.29, 1.82) is 0 Å². The molecule has 1 aromatic rings. The minimum atomic E-state index is -0.245. The summed E-state index contributed by atoms with van der Waals surface area (Å²) in [5.74, 6) is -0.245. The summed E-state index contributed by atoms with van der Waals surface area (Å²) >= 11 is 0. The molecule has 0 saturated heterocycles. The molecule has 0 heterocycles. The van der Waals surface area contributed by atoms with Crippen molar-refractivity contribution in [2.45, 2.75) is 52.5 Å². The van der Waals surface area contributed by atoms with Gasteiger partial charge in [0.2, 0.25) is 0 Å². The van der Waals surface area contributed by atoms with Crippen LogP contribution in [0.1, 0.15) is 56.8 Å². The second-order valence-electron chi connectivity index (χ2n) is 6.37. The minimum Gasteiger partial charge on any atom is -0.462 e. The van der Waals surface area contributed by atoms with Gasteiger partial charge in [-0.25, -0.2) is 4.79 Å². The Balaban J connectivity index is 2.11. The molecule has 1 N–H and O–H groups in total. The van der Waals surface area contributed by atoms with Crippen LogP contribution >= 0.6 is 0 Å². The van der Waals surface area contributed by atoms with Crippen LogP contribution in [0.2, 0.25) is 0 Å². The number of carbonyl (C=O) groups is 1. The molecule has 1 aliphatic rings. The second kappa shape index (κ2) is 6.29. The predicted molar refractivity (Wildman–Crippen MR) is 82.1 cm³/mol. The molecule has 0 bridgehead atoms. The molecule has 110 valence electrons. The quantitative estimate of drug-likeness (QED) is 0.835. The third kappa shape index (κ3) is 3.75. The Kier molecular flexibility index (Phi) is 4.69. The van der Waals surface area contributed by atoms with Gasteiger partial charge in [0.05, 0.1) is 12.2 Å². The molecule has 1 unspecified atom stereocenters. The molecule has 2 rings (SSSR count). The number of benzene rings is 1. The number of carbonyl (C=O) groups excluding carboxylic acids is 1. The van der Waals surface area contributed by atoms with E-state index in [-0.39, 0.29) is 5.97 Å². The lowest BCUT2D eigenvalue weighted by Gasteiger charge is -2.36. The van der Waals surface area contributed by atoms with Crippen molar-refractivity contribution in [3.05, 3.63) is 29.8 Å². The molecule has 20 heavy (non-hydrogen) atoms. The second-order valence-corrected chi connectivity index (χ2v) is 6.37. The van der Waals surface area contributed by atoms with E-state index in [1.807, 2.05) is 31.2 Å². The molecule has 1 aliphatic carbocycles. The highest BCUT2D eigenvalue weighted by Crippen LogP contribution is 2.36. The fourth-order valence-electron chi connectivity index (χ4n) is 3.04. The van der Waals surface area contributed by atoms with Gasteiger partial charge in [0.25, 0.3) is 0 Å². The van der Waals surface area contributed by atoms with E-state index in [0.29, 0.717) is 23.6 Å². The van der Waals surface area contributed by atoms with E-state index < -0.39 is 0 Å². The van der Waals surface area contributed by atoms with Gasteiger partial charge in [0.1, 0.15) is 0 Å². The van der Waals surface area contributed by atoms with Gasteiger partial charge in [-0.2, -0.15) is 0 Å². The number of nitrogens with one attached hydrogen (secondary N) is 1. The standard InChI is InChI=1S/C17H25NO2/c1-4-20-16(19)14-9-5-6-10-15(14)18-13-8-7-11-17(2,3)12-13/h5-6,9-10,13,18H,4,7-8,11-12H2,1-3H3. The Bertz CT molecular complexity index is 468. The largest absolute Gasteiger partial charge is 0.462 e. The highest BCUT2D eigenvalue weighted by molar-refractivity contribution is 5.95.